The largest absolute Gasteiger partial charge is 0.451 e. The van der Waals surface area contributed by atoms with Crippen LogP contribution < -0.4 is 0 Å². The van der Waals surface area contributed by atoms with Crippen LogP contribution >= 0.6 is 0 Å². The second kappa shape index (κ2) is 8.60. The summed E-state index contributed by atoms with van der Waals surface area (Å²) in [5.41, 5.74) is 0. The first-order chi connectivity index (χ1) is 11.1. The standard InChI is InChI=1S/C18H32N2O4/c1-11(2)15(13(5)21)20(7)17(22)16(12(3)4)24-18(23)14-9-8-10-19(14)6/h11-12,14-16H,8-10H2,1-7H3. The molecule has 1 aliphatic heterocycles. The first kappa shape index (κ1) is 20.6. The van der Waals surface area contributed by atoms with Gasteiger partial charge >= 0.3 is 5.97 Å². The third kappa shape index (κ3) is 4.79. The second-order valence-corrected chi connectivity index (χ2v) is 7.49. The zero-order valence-electron chi connectivity index (χ0n) is 16.0. The van der Waals surface area contributed by atoms with E-state index in [2.05, 4.69) is 0 Å². The molecule has 3 atom stereocenters. The normalized spacial score (nSPS) is 21.0. The maximum Gasteiger partial charge on any atom is 0.324 e. The van der Waals surface area contributed by atoms with E-state index in [9.17, 15) is 14.4 Å². The summed E-state index contributed by atoms with van der Waals surface area (Å²) < 4.78 is 5.58. The third-order valence-corrected chi connectivity index (χ3v) is 4.70. The van der Waals surface area contributed by atoms with E-state index in [0.717, 1.165) is 19.4 Å². The van der Waals surface area contributed by atoms with Gasteiger partial charge in [0.2, 0.25) is 0 Å². The van der Waals surface area contributed by atoms with Gasteiger partial charge in [0.05, 0.1) is 6.04 Å². The molecular weight excluding hydrogens is 308 g/mol. The molecule has 6 heteroatoms. The fraction of sp³-hybridized carbons (Fsp3) is 0.833. The van der Waals surface area contributed by atoms with E-state index in [1.54, 1.807) is 7.05 Å². The lowest BCUT2D eigenvalue weighted by Gasteiger charge is -2.33. The molecule has 1 saturated heterocycles. The molecule has 1 rings (SSSR count). The molecule has 1 aliphatic rings. The number of likely N-dealkylation sites (tertiary alicyclic amines) is 1. The number of esters is 1. The van der Waals surface area contributed by atoms with Gasteiger partial charge in [-0.05, 0) is 45.2 Å². The van der Waals surface area contributed by atoms with Crippen LogP contribution in [-0.2, 0) is 19.1 Å². The van der Waals surface area contributed by atoms with E-state index in [1.807, 2.05) is 39.6 Å². The molecule has 1 fully saturated rings. The maximum absolute atomic E-state index is 12.8. The van der Waals surface area contributed by atoms with Crippen LogP contribution in [0.1, 0.15) is 47.5 Å². The maximum atomic E-state index is 12.8. The van der Waals surface area contributed by atoms with Crippen LogP contribution in [0, 0.1) is 11.8 Å². The van der Waals surface area contributed by atoms with Gasteiger partial charge in [-0.1, -0.05) is 27.7 Å². The Labute approximate surface area is 145 Å². The number of hydrogen-bond donors (Lipinski definition) is 0. The minimum absolute atomic E-state index is 0.000860. The molecule has 3 unspecified atom stereocenters. The number of ether oxygens (including phenoxy) is 1. The van der Waals surface area contributed by atoms with Gasteiger partial charge in [0.1, 0.15) is 6.04 Å². The summed E-state index contributed by atoms with van der Waals surface area (Å²) in [5.74, 6) is -0.881. The van der Waals surface area contributed by atoms with Crippen LogP contribution in [0.3, 0.4) is 0 Å². The van der Waals surface area contributed by atoms with Crippen LogP contribution in [0.15, 0.2) is 0 Å². The number of rotatable bonds is 7. The Morgan fingerprint density at radius 2 is 1.71 bits per heavy atom. The number of nitrogens with zero attached hydrogens (tertiary/aromatic N) is 2. The van der Waals surface area contributed by atoms with Crippen molar-refractivity contribution in [1.29, 1.82) is 0 Å². The highest BCUT2D eigenvalue weighted by atomic mass is 16.6. The molecule has 0 aromatic heterocycles. The number of carbonyl (C=O) groups excluding carboxylic acids is 3. The van der Waals surface area contributed by atoms with Crippen molar-refractivity contribution in [3.05, 3.63) is 0 Å². The SMILES string of the molecule is CC(=O)C(C(C)C)N(C)C(=O)C(OC(=O)C1CCCN1C)C(C)C. The van der Waals surface area contributed by atoms with Crippen molar-refractivity contribution >= 4 is 17.7 Å². The van der Waals surface area contributed by atoms with Gasteiger partial charge < -0.3 is 9.64 Å². The predicted molar refractivity (Wildman–Crippen MR) is 92.4 cm³/mol. The monoisotopic (exact) mass is 340 g/mol. The molecular formula is C18H32N2O4. The summed E-state index contributed by atoms with van der Waals surface area (Å²) >= 11 is 0. The van der Waals surface area contributed by atoms with E-state index < -0.39 is 12.1 Å². The number of carbonyl (C=O) groups is 3. The molecule has 138 valence electrons. The summed E-state index contributed by atoms with van der Waals surface area (Å²) in [5, 5.41) is 0. The van der Waals surface area contributed by atoms with Crippen molar-refractivity contribution < 1.29 is 19.1 Å². The number of likely N-dealkylation sites (N-methyl/N-ethyl adjacent to an activating group) is 2. The first-order valence-corrected chi connectivity index (χ1v) is 8.75. The molecule has 0 bridgehead atoms. The molecule has 0 aromatic rings. The van der Waals surface area contributed by atoms with Gasteiger partial charge in [-0.25, -0.2) is 0 Å². The predicted octanol–water partition coefficient (Wildman–Crippen LogP) is 1.72. The average molecular weight is 340 g/mol. The number of ketones is 1. The molecule has 0 radical (unpaired) electrons. The molecule has 0 spiro atoms. The number of Topliss-reactive ketones (excluding diaryl/α,β-unsaturated/α-hetero) is 1. The summed E-state index contributed by atoms with van der Waals surface area (Å²) in [4.78, 5) is 40.6. The average Bonchev–Trinajstić information content (AvgIpc) is 2.88. The number of hydrogen-bond acceptors (Lipinski definition) is 5. The molecule has 6 nitrogen and oxygen atoms in total. The smallest absolute Gasteiger partial charge is 0.324 e. The van der Waals surface area contributed by atoms with Gasteiger partial charge in [0.15, 0.2) is 11.9 Å². The lowest BCUT2D eigenvalue weighted by Crippen LogP contribution is -2.51. The topological polar surface area (TPSA) is 66.9 Å². The van der Waals surface area contributed by atoms with Crippen molar-refractivity contribution in [3.8, 4) is 0 Å². The van der Waals surface area contributed by atoms with Gasteiger partial charge in [0.25, 0.3) is 5.91 Å². The summed E-state index contributed by atoms with van der Waals surface area (Å²) in [7, 11) is 3.50. The van der Waals surface area contributed by atoms with Crippen LogP contribution in [0.4, 0.5) is 0 Å². The van der Waals surface area contributed by atoms with Crippen LogP contribution in [-0.4, -0.2) is 66.3 Å². The van der Waals surface area contributed by atoms with Crippen LogP contribution in [0.2, 0.25) is 0 Å². The van der Waals surface area contributed by atoms with Gasteiger partial charge in [-0.3, -0.25) is 19.3 Å². The molecule has 0 saturated carbocycles. The van der Waals surface area contributed by atoms with Gasteiger partial charge in [-0.2, -0.15) is 0 Å². The summed E-state index contributed by atoms with van der Waals surface area (Å²) in [6.07, 6.45) is 0.847. The second-order valence-electron chi connectivity index (χ2n) is 7.49. The Bertz CT molecular complexity index is 476. The third-order valence-electron chi connectivity index (χ3n) is 4.70. The minimum atomic E-state index is -0.864. The Kier molecular flexibility index (Phi) is 7.39. The lowest BCUT2D eigenvalue weighted by atomic mass is 9.97. The van der Waals surface area contributed by atoms with E-state index in [1.165, 1.54) is 11.8 Å². The zero-order chi connectivity index (χ0) is 18.6. The van der Waals surface area contributed by atoms with E-state index in [4.69, 9.17) is 4.74 Å². The molecule has 1 heterocycles. The summed E-state index contributed by atoms with van der Waals surface area (Å²) in [6, 6.07) is -0.787. The van der Waals surface area contributed by atoms with Crippen LogP contribution in [0.5, 0.6) is 0 Å². The zero-order valence-corrected chi connectivity index (χ0v) is 16.0. The van der Waals surface area contributed by atoms with Gasteiger partial charge in [0, 0.05) is 7.05 Å². The van der Waals surface area contributed by atoms with E-state index in [0.29, 0.717) is 0 Å². The highest BCUT2D eigenvalue weighted by Crippen LogP contribution is 2.20. The molecule has 1 amide bonds. The van der Waals surface area contributed by atoms with Crippen molar-refractivity contribution in [2.75, 3.05) is 20.6 Å². The molecule has 0 aliphatic carbocycles. The van der Waals surface area contributed by atoms with Gasteiger partial charge in [-0.15, -0.1) is 0 Å². The van der Waals surface area contributed by atoms with Crippen molar-refractivity contribution in [2.45, 2.75) is 65.6 Å². The Balaban J connectivity index is 2.88. The van der Waals surface area contributed by atoms with E-state index in [-0.39, 0.29) is 35.5 Å². The quantitative estimate of drug-likeness (QED) is 0.660. The van der Waals surface area contributed by atoms with Crippen molar-refractivity contribution in [2.24, 2.45) is 11.8 Å². The number of amides is 1. The molecule has 24 heavy (non-hydrogen) atoms. The Morgan fingerprint density at radius 3 is 2.08 bits per heavy atom. The Hall–Kier alpha value is -1.43. The molecule has 0 N–H and O–H groups in total. The van der Waals surface area contributed by atoms with Crippen molar-refractivity contribution in [1.82, 2.24) is 9.80 Å². The summed E-state index contributed by atoms with van der Waals surface area (Å²) in [6.45, 7) is 9.85. The molecule has 0 aromatic carbocycles. The van der Waals surface area contributed by atoms with Crippen molar-refractivity contribution in [3.63, 3.8) is 0 Å². The fourth-order valence-electron chi connectivity index (χ4n) is 3.41. The van der Waals surface area contributed by atoms with E-state index >= 15 is 0 Å². The lowest BCUT2D eigenvalue weighted by molar-refractivity contribution is -0.167. The fourth-order valence-corrected chi connectivity index (χ4v) is 3.41. The highest BCUT2D eigenvalue weighted by Gasteiger charge is 2.37. The first-order valence-electron chi connectivity index (χ1n) is 8.75. The highest BCUT2D eigenvalue weighted by molar-refractivity contribution is 5.90. The Morgan fingerprint density at radius 1 is 1.12 bits per heavy atom. The van der Waals surface area contributed by atoms with Crippen LogP contribution in [0.25, 0.3) is 0 Å². The minimum Gasteiger partial charge on any atom is -0.451 e.